The summed E-state index contributed by atoms with van der Waals surface area (Å²) in [7, 11) is -0.672. The Hall–Kier alpha value is 0.110. The second kappa shape index (κ2) is 9.34. The molecule has 0 rings (SSSR count). The first-order valence-corrected chi connectivity index (χ1v) is 7.79. The van der Waals surface area contributed by atoms with E-state index in [1.54, 1.807) is 6.26 Å². The van der Waals surface area contributed by atoms with E-state index in [0.29, 0.717) is 11.3 Å². The van der Waals surface area contributed by atoms with Crippen molar-refractivity contribution in [1.82, 2.24) is 5.32 Å². The molecule has 0 heterocycles. The molecule has 0 spiro atoms. The minimum atomic E-state index is -0.672. The summed E-state index contributed by atoms with van der Waals surface area (Å²) in [5.74, 6) is 0. The highest BCUT2D eigenvalue weighted by Crippen LogP contribution is 2.05. The van der Waals surface area contributed by atoms with E-state index in [0.717, 1.165) is 13.0 Å². The Balaban J connectivity index is 3.57. The maximum absolute atomic E-state index is 11.1. The molecular formula is C12H27NOS. The van der Waals surface area contributed by atoms with E-state index in [4.69, 9.17) is 0 Å². The van der Waals surface area contributed by atoms with Crippen LogP contribution in [0.2, 0.25) is 0 Å². The summed E-state index contributed by atoms with van der Waals surface area (Å²) in [4.78, 5) is 0. The zero-order chi connectivity index (χ0) is 11.7. The molecule has 0 aliphatic heterocycles. The minimum absolute atomic E-state index is 0.321. The van der Waals surface area contributed by atoms with Gasteiger partial charge in [0.05, 0.1) is 0 Å². The number of rotatable bonds is 9. The summed E-state index contributed by atoms with van der Waals surface area (Å²) in [6.07, 6.45) is 7.86. The van der Waals surface area contributed by atoms with Crippen molar-refractivity contribution in [2.45, 2.75) is 64.2 Å². The summed E-state index contributed by atoms with van der Waals surface area (Å²) in [6, 6.07) is 0.655. The smallest absolute Gasteiger partial charge is 0.0329 e. The molecule has 2 nitrogen and oxygen atoms in total. The first kappa shape index (κ1) is 15.1. The molecule has 0 aromatic carbocycles. The average Bonchev–Trinajstić information content (AvgIpc) is 2.22. The zero-order valence-electron chi connectivity index (χ0n) is 10.7. The van der Waals surface area contributed by atoms with Crippen LogP contribution in [0.3, 0.4) is 0 Å². The lowest BCUT2D eigenvalue weighted by Gasteiger charge is -2.17. The van der Waals surface area contributed by atoms with Crippen LogP contribution in [0.1, 0.15) is 52.9 Å². The van der Waals surface area contributed by atoms with Crippen LogP contribution in [0.25, 0.3) is 0 Å². The SMILES string of the molecule is CCCCC(CC)NCCC(C)S(C)=O. The molecule has 3 atom stereocenters. The normalized spacial score (nSPS) is 17.3. The monoisotopic (exact) mass is 233 g/mol. The second-order valence-corrected chi connectivity index (χ2v) is 6.10. The van der Waals surface area contributed by atoms with Crippen LogP contribution in [-0.4, -0.2) is 28.3 Å². The fourth-order valence-electron chi connectivity index (χ4n) is 1.56. The summed E-state index contributed by atoms with van der Waals surface area (Å²) in [5.41, 5.74) is 0. The van der Waals surface area contributed by atoms with Gasteiger partial charge in [0.2, 0.25) is 0 Å². The topological polar surface area (TPSA) is 29.1 Å². The molecule has 0 aliphatic rings. The molecule has 15 heavy (non-hydrogen) atoms. The van der Waals surface area contributed by atoms with E-state index in [1.165, 1.54) is 25.7 Å². The molecule has 3 heteroatoms. The molecule has 0 bridgehead atoms. The lowest BCUT2D eigenvalue weighted by atomic mass is 10.1. The van der Waals surface area contributed by atoms with Crippen molar-refractivity contribution in [2.75, 3.05) is 12.8 Å². The van der Waals surface area contributed by atoms with Gasteiger partial charge in [-0.1, -0.05) is 33.6 Å². The van der Waals surface area contributed by atoms with Gasteiger partial charge < -0.3 is 5.32 Å². The third-order valence-corrected chi connectivity index (χ3v) is 4.32. The first-order valence-electron chi connectivity index (χ1n) is 6.17. The van der Waals surface area contributed by atoms with Crippen LogP contribution in [-0.2, 0) is 10.8 Å². The Morgan fingerprint density at radius 1 is 1.27 bits per heavy atom. The highest BCUT2D eigenvalue weighted by atomic mass is 32.2. The van der Waals surface area contributed by atoms with E-state index in [2.05, 4.69) is 26.1 Å². The number of unbranched alkanes of at least 4 members (excludes halogenated alkanes) is 1. The van der Waals surface area contributed by atoms with Gasteiger partial charge in [0.25, 0.3) is 0 Å². The zero-order valence-corrected chi connectivity index (χ0v) is 11.5. The predicted molar refractivity (Wildman–Crippen MR) is 69.8 cm³/mol. The third-order valence-electron chi connectivity index (χ3n) is 2.95. The summed E-state index contributed by atoms with van der Waals surface area (Å²) in [5, 5.41) is 3.88. The van der Waals surface area contributed by atoms with Gasteiger partial charge in [0.1, 0.15) is 0 Å². The van der Waals surface area contributed by atoms with E-state index in [-0.39, 0.29) is 0 Å². The molecular weight excluding hydrogens is 206 g/mol. The van der Waals surface area contributed by atoms with E-state index >= 15 is 0 Å². The van der Waals surface area contributed by atoms with Gasteiger partial charge in [0.15, 0.2) is 0 Å². The van der Waals surface area contributed by atoms with Crippen molar-refractivity contribution in [1.29, 1.82) is 0 Å². The summed E-state index contributed by atoms with van der Waals surface area (Å²) >= 11 is 0. The largest absolute Gasteiger partial charge is 0.314 e. The molecule has 0 radical (unpaired) electrons. The summed E-state index contributed by atoms with van der Waals surface area (Å²) in [6.45, 7) is 7.53. The lowest BCUT2D eigenvalue weighted by molar-refractivity contribution is 0.448. The van der Waals surface area contributed by atoms with E-state index < -0.39 is 10.8 Å². The van der Waals surface area contributed by atoms with Crippen molar-refractivity contribution in [2.24, 2.45) is 0 Å². The molecule has 1 N–H and O–H groups in total. The van der Waals surface area contributed by atoms with Crippen LogP contribution in [0.5, 0.6) is 0 Å². The van der Waals surface area contributed by atoms with Gasteiger partial charge in [-0.2, -0.15) is 0 Å². The van der Waals surface area contributed by atoms with Gasteiger partial charge >= 0.3 is 0 Å². The van der Waals surface area contributed by atoms with Crippen molar-refractivity contribution in [3.8, 4) is 0 Å². The van der Waals surface area contributed by atoms with Crippen LogP contribution >= 0.6 is 0 Å². The second-order valence-electron chi connectivity index (χ2n) is 4.30. The van der Waals surface area contributed by atoms with Crippen molar-refractivity contribution in [3.05, 3.63) is 0 Å². The van der Waals surface area contributed by atoms with Crippen LogP contribution in [0.4, 0.5) is 0 Å². The van der Waals surface area contributed by atoms with Gasteiger partial charge in [-0.25, -0.2) is 0 Å². The molecule has 92 valence electrons. The molecule has 0 saturated heterocycles. The Bertz CT molecular complexity index is 173. The third kappa shape index (κ3) is 7.97. The van der Waals surface area contributed by atoms with Gasteiger partial charge in [-0.15, -0.1) is 0 Å². The van der Waals surface area contributed by atoms with Gasteiger partial charge in [-0.05, 0) is 25.8 Å². The highest BCUT2D eigenvalue weighted by molar-refractivity contribution is 7.84. The number of hydrogen-bond acceptors (Lipinski definition) is 2. The standard InChI is InChI=1S/C12H27NOS/c1-5-7-8-12(6-2)13-10-9-11(3)15(4)14/h11-13H,5-10H2,1-4H3. The maximum Gasteiger partial charge on any atom is 0.0329 e. The van der Waals surface area contributed by atoms with E-state index in [1.807, 2.05) is 0 Å². The summed E-state index contributed by atoms with van der Waals surface area (Å²) < 4.78 is 11.1. The molecule has 0 saturated carbocycles. The Labute approximate surface area is 97.7 Å². The quantitative estimate of drug-likeness (QED) is 0.663. The molecule has 0 aromatic heterocycles. The highest BCUT2D eigenvalue weighted by Gasteiger charge is 2.08. The average molecular weight is 233 g/mol. The van der Waals surface area contributed by atoms with Crippen molar-refractivity contribution in [3.63, 3.8) is 0 Å². The number of hydrogen-bond donors (Lipinski definition) is 1. The first-order chi connectivity index (χ1) is 7.11. The predicted octanol–water partition coefficient (Wildman–Crippen LogP) is 2.70. The van der Waals surface area contributed by atoms with E-state index in [9.17, 15) is 4.21 Å². The Morgan fingerprint density at radius 2 is 1.93 bits per heavy atom. The van der Waals surface area contributed by atoms with Crippen LogP contribution in [0.15, 0.2) is 0 Å². The minimum Gasteiger partial charge on any atom is -0.314 e. The molecule has 0 fully saturated rings. The van der Waals surface area contributed by atoms with Crippen molar-refractivity contribution < 1.29 is 4.21 Å². The van der Waals surface area contributed by atoms with Crippen molar-refractivity contribution >= 4 is 10.8 Å². The van der Waals surface area contributed by atoms with Crippen LogP contribution in [0, 0.1) is 0 Å². The molecule has 0 amide bonds. The Kier molecular flexibility index (Phi) is 9.41. The Morgan fingerprint density at radius 3 is 2.40 bits per heavy atom. The molecule has 3 unspecified atom stereocenters. The fourth-order valence-corrected chi connectivity index (χ4v) is 2.01. The van der Waals surface area contributed by atoms with Gasteiger partial charge in [-0.3, -0.25) is 4.21 Å². The molecule has 0 aromatic rings. The number of nitrogens with one attached hydrogen (secondary N) is 1. The maximum atomic E-state index is 11.1. The lowest BCUT2D eigenvalue weighted by Crippen LogP contribution is -2.31. The fraction of sp³-hybridized carbons (Fsp3) is 1.00. The van der Waals surface area contributed by atoms with Crippen LogP contribution < -0.4 is 5.32 Å². The molecule has 0 aliphatic carbocycles. The van der Waals surface area contributed by atoms with Gasteiger partial charge in [0, 0.05) is 28.3 Å².